The molecule has 1 saturated heterocycles. The van der Waals surface area contributed by atoms with Crippen LogP contribution in [-0.2, 0) is 0 Å². The zero-order chi connectivity index (χ0) is 10.6. The lowest BCUT2D eigenvalue weighted by Crippen LogP contribution is -2.49. The van der Waals surface area contributed by atoms with Gasteiger partial charge in [0, 0.05) is 19.1 Å². The molecule has 1 aliphatic heterocycles. The van der Waals surface area contributed by atoms with E-state index >= 15 is 0 Å². The SMILES string of the molecule is CC(C)CN(C(=O)O)[C@@H]1CCCNC1. The topological polar surface area (TPSA) is 52.6 Å². The molecule has 0 aromatic rings. The molecule has 0 aromatic heterocycles. The Kier molecular flexibility index (Phi) is 4.20. The summed E-state index contributed by atoms with van der Waals surface area (Å²) in [6.45, 7) is 6.56. The number of rotatable bonds is 3. The number of carbonyl (C=O) groups is 1. The van der Waals surface area contributed by atoms with Crippen molar-refractivity contribution < 1.29 is 9.90 Å². The van der Waals surface area contributed by atoms with Crippen molar-refractivity contribution in [3.8, 4) is 0 Å². The molecule has 0 radical (unpaired) electrons. The number of nitrogens with one attached hydrogen (secondary N) is 1. The van der Waals surface area contributed by atoms with Gasteiger partial charge < -0.3 is 15.3 Å². The molecule has 4 heteroatoms. The summed E-state index contributed by atoms with van der Waals surface area (Å²) in [5, 5.41) is 12.3. The molecule has 0 bridgehead atoms. The molecule has 1 atom stereocenters. The highest BCUT2D eigenvalue weighted by molar-refractivity contribution is 5.65. The van der Waals surface area contributed by atoms with Crippen LogP contribution >= 0.6 is 0 Å². The van der Waals surface area contributed by atoms with Crippen molar-refractivity contribution in [3.05, 3.63) is 0 Å². The minimum atomic E-state index is -0.785. The molecule has 0 saturated carbocycles. The van der Waals surface area contributed by atoms with Crippen LogP contribution in [0.1, 0.15) is 26.7 Å². The van der Waals surface area contributed by atoms with Crippen molar-refractivity contribution in [3.63, 3.8) is 0 Å². The van der Waals surface area contributed by atoms with Gasteiger partial charge in [0.2, 0.25) is 0 Å². The summed E-state index contributed by atoms with van der Waals surface area (Å²) in [5.74, 6) is 0.396. The monoisotopic (exact) mass is 200 g/mol. The molecule has 1 amide bonds. The number of hydrogen-bond donors (Lipinski definition) is 2. The minimum Gasteiger partial charge on any atom is -0.465 e. The lowest BCUT2D eigenvalue weighted by atomic mass is 10.0. The molecule has 0 spiro atoms. The molecule has 2 N–H and O–H groups in total. The molecule has 0 aromatic carbocycles. The van der Waals surface area contributed by atoms with E-state index in [0.29, 0.717) is 12.5 Å². The van der Waals surface area contributed by atoms with Gasteiger partial charge in [-0.15, -0.1) is 0 Å². The Morgan fingerprint density at radius 2 is 2.36 bits per heavy atom. The molecular weight excluding hydrogens is 180 g/mol. The van der Waals surface area contributed by atoms with E-state index in [2.05, 4.69) is 5.32 Å². The smallest absolute Gasteiger partial charge is 0.407 e. The first-order chi connectivity index (χ1) is 6.61. The maximum Gasteiger partial charge on any atom is 0.407 e. The van der Waals surface area contributed by atoms with E-state index in [1.165, 1.54) is 0 Å². The fourth-order valence-electron chi connectivity index (χ4n) is 1.88. The molecule has 4 nitrogen and oxygen atoms in total. The number of piperidine rings is 1. The van der Waals surface area contributed by atoms with E-state index in [9.17, 15) is 4.79 Å². The van der Waals surface area contributed by atoms with Crippen LogP contribution in [0.2, 0.25) is 0 Å². The highest BCUT2D eigenvalue weighted by Crippen LogP contribution is 2.12. The zero-order valence-corrected chi connectivity index (χ0v) is 8.99. The Morgan fingerprint density at radius 3 is 2.79 bits per heavy atom. The lowest BCUT2D eigenvalue weighted by molar-refractivity contribution is 0.108. The van der Waals surface area contributed by atoms with E-state index in [1.807, 2.05) is 13.8 Å². The van der Waals surface area contributed by atoms with Crippen molar-refractivity contribution in [1.29, 1.82) is 0 Å². The maximum atomic E-state index is 11.0. The van der Waals surface area contributed by atoms with Crippen LogP contribution in [0.4, 0.5) is 4.79 Å². The lowest BCUT2D eigenvalue weighted by Gasteiger charge is -2.33. The van der Waals surface area contributed by atoms with Crippen molar-refractivity contribution in [2.24, 2.45) is 5.92 Å². The molecule has 14 heavy (non-hydrogen) atoms. The Bertz CT molecular complexity index is 189. The number of amides is 1. The first kappa shape index (κ1) is 11.3. The van der Waals surface area contributed by atoms with Crippen LogP contribution in [0.3, 0.4) is 0 Å². The molecule has 0 unspecified atom stereocenters. The van der Waals surface area contributed by atoms with Gasteiger partial charge in [-0.3, -0.25) is 0 Å². The van der Waals surface area contributed by atoms with Crippen LogP contribution in [-0.4, -0.2) is 41.8 Å². The summed E-state index contributed by atoms with van der Waals surface area (Å²) in [7, 11) is 0. The highest BCUT2D eigenvalue weighted by Gasteiger charge is 2.25. The Balaban J connectivity index is 2.51. The third-order valence-corrected chi connectivity index (χ3v) is 2.52. The third-order valence-electron chi connectivity index (χ3n) is 2.52. The fraction of sp³-hybridized carbons (Fsp3) is 0.900. The first-order valence-corrected chi connectivity index (χ1v) is 5.31. The summed E-state index contributed by atoms with van der Waals surface area (Å²) in [6, 6.07) is 0.170. The fourth-order valence-corrected chi connectivity index (χ4v) is 1.88. The van der Waals surface area contributed by atoms with Gasteiger partial charge in [0.05, 0.1) is 0 Å². The Hall–Kier alpha value is -0.770. The van der Waals surface area contributed by atoms with Gasteiger partial charge in [-0.1, -0.05) is 13.8 Å². The van der Waals surface area contributed by atoms with Crippen LogP contribution in [0.25, 0.3) is 0 Å². The highest BCUT2D eigenvalue weighted by atomic mass is 16.4. The van der Waals surface area contributed by atoms with Crippen molar-refractivity contribution >= 4 is 6.09 Å². The van der Waals surface area contributed by atoms with Gasteiger partial charge in [-0.2, -0.15) is 0 Å². The number of hydrogen-bond acceptors (Lipinski definition) is 2. The number of carboxylic acid groups (broad SMARTS) is 1. The maximum absolute atomic E-state index is 11.0. The van der Waals surface area contributed by atoms with Gasteiger partial charge in [0.15, 0.2) is 0 Å². The zero-order valence-electron chi connectivity index (χ0n) is 8.99. The predicted octanol–water partition coefficient (Wildman–Crippen LogP) is 1.37. The van der Waals surface area contributed by atoms with Gasteiger partial charge >= 0.3 is 6.09 Å². The van der Waals surface area contributed by atoms with Gasteiger partial charge in [-0.25, -0.2) is 4.79 Å². The van der Waals surface area contributed by atoms with Crippen LogP contribution in [0, 0.1) is 5.92 Å². The van der Waals surface area contributed by atoms with Gasteiger partial charge in [0.25, 0.3) is 0 Å². The molecule has 1 aliphatic rings. The normalized spacial score (nSPS) is 22.4. The molecule has 1 fully saturated rings. The van der Waals surface area contributed by atoms with E-state index < -0.39 is 6.09 Å². The Morgan fingerprint density at radius 1 is 1.64 bits per heavy atom. The van der Waals surface area contributed by atoms with Gasteiger partial charge in [-0.05, 0) is 25.3 Å². The largest absolute Gasteiger partial charge is 0.465 e. The standard InChI is InChI=1S/C10H20N2O2/c1-8(2)7-12(10(13)14)9-4-3-5-11-6-9/h8-9,11H,3-7H2,1-2H3,(H,13,14)/t9-/m1/s1. The molecule has 1 heterocycles. The summed E-state index contributed by atoms with van der Waals surface area (Å²) >= 11 is 0. The number of nitrogens with zero attached hydrogens (tertiary/aromatic N) is 1. The minimum absolute atomic E-state index is 0.170. The summed E-state index contributed by atoms with van der Waals surface area (Å²) in [4.78, 5) is 12.6. The molecular formula is C10H20N2O2. The van der Waals surface area contributed by atoms with Crippen LogP contribution in [0.15, 0.2) is 0 Å². The average molecular weight is 200 g/mol. The predicted molar refractivity (Wildman–Crippen MR) is 55.5 cm³/mol. The summed E-state index contributed by atoms with van der Waals surface area (Å²) < 4.78 is 0. The van der Waals surface area contributed by atoms with E-state index in [-0.39, 0.29) is 6.04 Å². The van der Waals surface area contributed by atoms with E-state index in [0.717, 1.165) is 25.9 Å². The quantitative estimate of drug-likeness (QED) is 0.723. The molecule has 82 valence electrons. The second kappa shape index (κ2) is 5.20. The third kappa shape index (κ3) is 3.18. The van der Waals surface area contributed by atoms with E-state index in [4.69, 9.17) is 5.11 Å². The summed E-state index contributed by atoms with van der Waals surface area (Å²) in [5.41, 5.74) is 0. The van der Waals surface area contributed by atoms with E-state index in [1.54, 1.807) is 4.90 Å². The second-order valence-electron chi connectivity index (χ2n) is 4.33. The molecule has 1 rings (SSSR count). The van der Waals surface area contributed by atoms with Crippen molar-refractivity contribution in [2.45, 2.75) is 32.7 Å². The second-order valence-corrected chi connectivity index (χ2v) is 4.33. The summed E-state index contributed by atoms with van der Waals surface area (Å²) in [6.07, 6.45) is 1.28. The average Bonchev–Trinajstić information content (AvgIpc) is 2.15. The van der Waals surface area contributed by atoms with Crippen molar-refractivity contribution in [2.75, 3.05) is 19.6 Å². The molecule has 0 aliphatic carbocycles. The van der Waals surface area contributed by atoms with Crippen LogP contribution < -0.4 is 5.32 Å². The first-order valence-electron chi connectivity index (χ1n) is 5.31. The van der Waals surface area contributed by atoms with Crippen LogP contribution in [0.5, 0.6) is 0 Å². The van der Waals surface area contributed by atoms with Gasteiger partial charge in [0.1, 0.15) is 0 Å². The van der Waals surface area contributed by atoms with Crippen molar-refractivity contribution in [1.82, 2.24) is 10.2 Å². The Labute approximate surface area is 85.3 Å².